The number of aromatic nitrogens is 4. The molecule has 0 amide bonds. The highest BCUT2D eigenvalue weighted by Gasteiger charge is 2.34. The zero-order chi connectivity index (χ0) is 20.1. The van der Waals surface area contributed by atoms with E-state index in [2.05, 4.69) is 73.6 Å². The second-order valence-electron chi connectivity index (χ2n) is 7.75. The first-order valence-electron chi connectivity index (χ1n) is 10.2. The van der Waals surface area contributed by atoms with Gasteiger partial charge in [-0.3, -0.25) is 9.69 Å². The van der Waals surface area contributed by atoms with Crippen LogP contribution in [0.3, 0.4) is 0 Å². The highest BCUT2D eigenvalue weighted by molar-refractivity contribution is 5.79. The van der Waals surface area contributed by atoms with Gasteiger partial charge in [-0.2, -0.15) is 4.68 Å². The molecule has 1 aliphatic heterocycles. The van der Waals surface area contributed by atoms with Gasteiger partial charge in [0.25, 0.3) is 0 Å². The van der Waals surface area contributed by atoms with Crippen molar-refractivity contribution >= 4 is 23.4 Å². The second kappa shape index (κ2) is 6.74. The van der Waals surface area contributed by atoms with Crippen molar-refractivity contribution in [2.24, 2.45) is 0 Å². The lowest BCUT2D eigenvalue weighted by Gasteiger charge is -2.39. The molecular weight excluding hydrogens is 376 g/mol. The van der Waals surface area contributed by atoms with E-state index in [9.17, 15) is 4.79 Å². The summed E-state index contributed by atoms with van der Waals surface area (Å²) in [5.74, 6) is 0.882. The maximum absolute atomic E-state index is 11.0. The van der Waals surface area contributed by atoms with Gasteiger partial charge in [-0.1, -0.05) is 53.7 Å². The number of piperazine rings is 1. The number of hydrogen-bond donors (Lipinski definition) is 0. The van der Waals surface area contributed by atoms with Crippen LogP contribution in [0.5, 0.6) is 0 Å². The monoisotopic (exact) mass is 396 g/mol. The minimum Gasteiger partial charge on any atom is -0.354 e. The van der Waals surface area contributed by atoms with E-state index in [0.717, 1.165) is 32.0 Å². The van der Waals surface area contributed by atoms with E-state index in [4.69, 9.17) is 0 Å². The standard InChI is InChI=1S/C23H20N6O/c30-15-29-20-9-10-21(24-23(20)25-26-29)27-11-13-28(14-12-27)22-18-7-3-1-5-16(18)17-6-2-4-8-19(17)22/h1-10,15,22H,11-14H2. The van der Waals surface area contributed by atoms with Crippen LogP contribution in [-0.2, 0) is 4.79 Å². The van der Waals surface area contributed by atoms with Crippen LogP contribution in [0.25, 0.3) is 22.3 Å². The van der Waals surface area contributed by atoms with Gasteiger partial charge in [0.15, 0.2) is 0 Å². The molecular formula is C23H20N6O. The maximum Gasteiger partial charge on any atom is 0.236 e. The molecule has 7 nitrogen and oxygen atoms in total. The van der Waals surface area contributed by atoms with Gasteiger partial charge in [-0.25, -0.2) is 4.98 Å². The molecule has 2 aliphatic rings. The topological polar surface area (TPSA) is 67.2 Å². The van der Waals surface area contributed by atoms with Gasteiger partial charge in [0.05, 0.1) is 6.04 Å². The van der Waals surface area contributed by atoms with E-state index in [1.54, 1.807) is 0 Å². The van der Waals surface area contributed by atoms with Crippen molar-refractivity contribution in [3.63, 3.8) is 0 Å². The molecule has 3 heterocycles. The molecule has 30 heavy (non-hydrogen) atoms. The van der Waals surface area contributed by atoms with Crippen LogP contribution in [-0.4, -0.2) is 57.5 Å². The predicted octanol–water partition coefficient (Wildman–Crippen LogP) is 2.76. The van der Waals surface area contributed by atoms with Gasteiger partial charge in [0.2, 0.25) is 12.1 Å². The summed E-state index contributed by atoms with van der Waals surface area (Å²) in [7, 11) is 0. The number of fused-ring (bicyclic) bond motifs is 4. The Morgan fingerprint density at radius 3 is 2.17 bits per heavy atom. The number of pyridine rings is 1. The molecule has 148 valence electrons. The van der Waals surface area contributed by atoms with Crippen LogP contribution in [0.15, 0.2) is 60.7 Å². The van der Waals surface area contributed by atoms with Crippen LogP contribution >= 0.6 is 0 Å². The molecule has 1 saturated heterocycles. The molecule has 0 saturated carbocycles. The average molecular weight is 396 g/mol. The third-order valence-corrected chi connectivity index (χ3v) is 6.23. The number of nitrogens with zero attached hydrogens (tertiary/aromatic N) is 6. The van der Waals surface area contributed by atoms with Gasteiger partial charge in [0.1, 0.15) is 11.3 Å². The summed E-state index contributed by atoms with van der Waals surface area (Å²) in [5, 5.41) is 7.82. The van der Waals surface area contributed by atoms with Crippen molar-refractivity contribution < 1.29 is 4.79 Å². The number of rotatable bonds is 3. The summed E-state index contributed by atoms with van der Waals surface area (Å²) in [6, 6.07) is 21.6. The van der Waals surface area contributed by atoms with Crippen molar-refractivity contribution in [3.05, 3.63) is 71.8 Å². The summed E-state index contributed by atoms with van der Waals surface area (Å²) < 4.78 is 1.21. The van der Waals surface area contributed by atoms with E-state index in [-0.39, 0.29) is 0 Å². The second-order valence-corrected chi connectivity index (χ2v) is 7.75. The number of carbonyl (C=O) groups is 1. The lowest BCUT2D eigenvalue weighted by atomic mass is 10.0. The third kappa shape index (κ3) is 2.55. The Labute approximate surface area is 173 Å². The summed E-state index contributed by atoms with van der Waals surface area (Å²) >= 11 is 0. The summed E-state index contributed by atoms with van der Waals surface area (Å²) in [6.45, 7) is 3.68. The SMILES string of the molecule is O=Cn1nnc2nc(N3CCN(C4c5ccccc5-c5ccccc54)CC3)ccc21. The fourth-order valence-electron chi connectivity index (χ4n) is 4.81. The Balaban J connectivity index is 1.26. The summed E-state index contributed by atoms with van der Waals surface area (Å²) in [4.78, 5) is 20.5. The largest absolute Gasteiger partial charge is 0.354 e. The quantitative estimate of drug-likeness (QED) is 0.496. The molecule has 2 aromatic carbocycles. The molecule has 0 atom stereocenters. The highest BCUT2D eigenvalue weighted by atomic mass is 16.1. The molecule has 7 heteroatoms. The van der Waals surface area contributed by atoms with Gasteiger partial charge in [-0.05, 0) is 34.4 Å². The molecule has 2 aromatic heterocycles. The number of carbonyl (C=O) groups excluding carboxylic acids is 1. The summed E-state index contributed by atoms with van der Waals surface area (Å²) in [6.07, 6.45) is 0.646. The Hall–Kier alpha value is -3.58. The minimum absolute atomic E-state index is 0.308. The van der Waals surface area contributed by atoms with Gasteiger partial charge in [-0.15, -0.1) is 5.10 Å². The van der Waals surface area contributed by atoms with Crippen LogP contribution in [0.1, 0.15) is 17.2 Å². The van der Waals surface area contributed by atoms with Crippen molar-refractivity contribution in [3.8, 4) is 11.1 Å². The molecule has 0 unspecified atom stereocenters. The van der Waals surface area contributed by atoms with E-state index >= 15 is 0 Å². The fraction of sp³-hybridized carbons (Fsp3) is 0.217. The maximum atomic E-state index is 11.0. The predicted molar refractivity (Wildman–Crippen MR) is 115 cm³/mol. The molecule has 0 N–H and O–H groups in total. The van der Waals surface area contributed by atoms with E-state index in [0.29, 0.717) is 23.6 Å². The molecule has 6 rings (SSSR count). The van der Waals surface area contributed by atoms with Gasteiger partial charge >= 0.3 is 0 Å². The zero-order valence-electron chi connectivity index (χ0n) is 16.3. The molecule has 0 radical (unpaired) electrons. The Morgan fingerprint density at radius 1 is 0.833 bits per heavy atom. The van der Waals surface area contributed by atoms with Gasteiger partial charge < -0.3 is 4.90 Å². The van der Waals surface area contributed by atoms with Crippen molar-refractivity contribution in [2.75, 3.05) is 31.1 Å². The van der Waals surface area contributed by atoms with Crippen LogP contribution in [0, 0.1) is 0 Å². The third-order valence-electron chi connectivity index (χ3n) is 6.23. The van der Waals surface area contributed by atoms with Crippen molar-refractivity contribution in [1.29, 1.82) is 0 Å². The first-order valence-corrected chi connectivity index (χ1v) is 10.2. The molecule has 1 aliphatic carbocycles. The van der Waals surface area contributed by atoms with E-state index < -0.39 is 0 Å². The summed E-state index contributed by atoms with van der Waals surface area (Å²) in [5.41, 5.74) is 6.64. The molecule has 4 aromatic rings. The zero-order valence-corrected chi connectivity index (χ0v) is 16.3. The van der Waals surface area contributed by atoms with E-state index in [1.165, 1.54) is 26.9 Å². The smallest absolute Gasteiger partial charge is 0.236 e. The van der Waals surface area contributed by atoms with Crippen LogP contribution < -0.4 is 4.90 Å². The van der Waals surface area contributed by atoms with Gasteiger partial charge in [0, 0.05) is 26.2 Å². The Bertz CT molecular complexity index is 1210. The van der Waals surface area contributed by atoms with Crippen molar-refractivity contribution in [1.82, 2.24) is 24.9 Å². The minimum atomic E-state index is 0.308. The molecule has 1 fully saturated rings. The normalized spacial score (nSPS) is 16.6. The highest BCUT2D eigenvalue weighted by Crippen LogP contribution is 2.46. The Morgan fingerprint density at radius 2 is 1.50 bits per heavy atom. The average Bonchev–Trinajstić information content (AvgIpc) is 3.37. The first kappa shape index (κ1) is 17.3. The lowest BCUT2D eigenvalue weighted by Crippen LogP contribution is -2.47. The number of anilines is 1. The first-order chi connectivity index (χ1) is 14.8. The van der Waals surface area contributed by atoms with E-state index in [1.807, 2.05) is 12.1 Å². The Kier molecular flexibility index (Phi) is 3.89. The molecule has 0 spiro atoms. The lowest BCUT2D eigenvalue weighted by molar-refractivity contribution is 0.215. The number of benzene rings is 2. The molecule has 0 bridgehead atoms. The van der Waals surface area contributed by atoms with Crippen molar-refractivity contribution in [2.45, 2.75) is 6.04 Å². The van der Waals surface area contributed by atoms with Crippen LogP contribution in [0.2, 0.25) is 0 Å². The van der Waals surface area contributed by atoms with Crippen LogP contribution in [0.4, 0.5) is 5.82 Å². The fourth-order valence-corrected chi connectivity index (χ4v) is 4.81. The number of hydrogen-bond acceptors (Lipinski definition) is 6.